The number of halogens is 7. The zero-order chi connectivity index (χ0) is 21.8. The minimum atomic E-state index is -3.09. The second kappa shape index (κ2) is 10.6. The number of rotatable bonds is 6. The average Bonchev–Trinajstić information content (AvgIpc) is 3.15. The van der Waals surface area contributed by atoms with Crippen molar-refractivity contribution in [2.75, 3.05) is 13.8 Å². The third-order valence-electron chi connectivity index (χ3n) is 4.08. The van der Waals surface area contributed by atoms with Gasteiger partial charge in [-0.15, -0.1) is 24.0 Å². The Morgan fingerprint density at radius 1 is 1.00 bits per heavy atom. The van der Waals surface area contributed by atoms with Crippen molar-refractivity contribution in [3.8, 4) is 17.2 Å². The second-order valence-electron chi connectivity index (χ2n) is 5.92. The first kappa shape index (κ1) is 24.7. The van der Waals surface area contributed by atoms with Gasteiger partial charge in [0.05, 0.1) is 0 Å². The Kier molecular flexibility index (Phi) is 8.47. The number of aliphatic imine (C=N–C) groups is 1. The van der Waals surface area contributed by atoms with Crippen molar-refractivity contribution >= 4 is 29.9 Å². The number of nitrogens with one attached hydrogen (secondary N) is 2. The summed E-state index contributed by atoms with van der Waals surface area (Å²) in [6.45, 7) is -3.91. The van der Waals surface area contributed by atoms with Crippen molar-refractivity contribution in [1.29, 1.82) is 0 Å². The number of nitrogens with zero attached hydrogens (tertiary/aromatic N) is 1. The van der Waals surface area contributed by atoms with Gasteiger partial charge in [0.1, 0.15) is 5.75 Å². The first-order valence-corrected chi connectivity index (χ1v) is 8.43. The van der Waals surface area contributed by atoms with Crippen LogP contribution in [0, 0.1) is 23.3 Å². The average molecular weight is 563 g/mol. The molecule has 3 rings (SSSR count). The van der Waals surface area contributed by atoms with Crippen LogP contribution in [-0.4, -0.2) is 26.4 Å². The molecule has 1 aliphatic heterocycles. The Morgan fingerprint density at radius 2 is 1.58 bits per heavy atom. The maximum absolute atomic E-state index is 13.8. The summed E-state index contributed by atoms with van der Waals surface area (Å²) in [6.07, 6.45) is 0. The van der Waals surface area contributed by atoms with E-state index in [1.165, 1.54) is 19.2 Å². The number of benzene rings is 2. The standard InChI is InChI=1S/C18H15F6N3O3.HI/c1-25-18(27-6-9-15(21)10(19)3-11(20)16(9)22)26-5-8-2-13-14(29-7-28-13)4-12(8)30-17(23)24;/h2-4,17H,5-7H2,1H3,(H2,25,26,27);1H. The first-order valence-electron chi connectivity index (χ1n) is 8.43. The predicted molar refractivity (Wildman–Crippen MR) is 108 cm³/mol. The molecular weight excluding hydrogens is 547 g/mol. The van der Waals surface area contributed by atoms with Gasteiger partial charge in [0.2, 0.25) is 6.79 Å². The van der Waals surface area contributed by atoms with Crippen molar-refractivity contribution in [2.24, 2.45) is 4.99 Å². The van der Waals surface area contributed by atoms with Crippen molar-refractivity contribution in [1.82, 2.24) is 10.6 Å². The van der Waals surface area contributed by atoms with Crippen LogP contribution in [-0.2, 0) is 13.1 Å². The van der Waals surface area contributed by atoms with Crippen LogP contribution in [0.2, 0.25) is 0 Å². The number of fused-ring (bicyclic) bond motifs is 1. The second-order valence-corrected chi connectivity index (χ2v) is 5.92. The monoisotopic (exact) mass is 563 g/mol. The molecule has 0 spiro atoms. The largest absolute Gasteiger partial charge is 0.454 e. The molecule has 6 nitrogen and oxygen atoms in total. The molecule has 0 unspecified atom stereocenters. The summed E-state index contributed by atoms with van der Waals surface area (Å²) in [4.78, 5) is 3.80. The molecule has 170 valence electrons. The van der Waals surface area contributed by atoms with Gasteiger partial charge in [-0.2, -0.15) is 8.78 Å². The highest BCUT2D eigenvalue weighted by Crippen LogP contribution is 2.38. The predicted octanol–water partition coefficient (Wildman–Crippen LogP) is 4.06. The number of alkyl halides is 2. The smallest absolute Gasteiger partial charge is 0.387 e. The van der Waals surface area contributed by atoms with E-state index in [2.05, 4.69) is 20.4 Å². The van der Waals surface area contributed by atoms with Crippen molar-refractivity contribution < 1.29 is 40.6 Å². The van der Waals surface area contributed by atoms with Gasteiger partial charge in [0, 0.05) is 43.4 Å². The van der Waals surface area contributed by atoms with Crippen molar-refractivity contribution in [3.63, 3.8) is 0 Å². The van der Waals surface area contributed by atoms with Gasteiger partial charge in [-0.3, -0.25) is 4.99 Å². The Labute approximate surface area is 189 Å². The fourth-order valence-electron chi connectivity index (χ4n) is 2.66. The van der Waals surface area contributed by atoms with Crippen LogP contribution in [0.1, 0.15) is 11.1 Å². The number of hydrogen-bond acceptors (Lipinski definition) is 4. The molecule has 2 N–H and O–H groups in total. The number of hydrogen-bond donors (Lipinski definition) is 2. The van der Waals surface area contributed by atoms with Crippen LogP contribution in [0.25, 0.3) is 0 Å². The summed E-state index contributed by atoms with van der Waals surface area (Å²) in [6, 6.07) is 2.76. The molecule has 0 saturated heterocycles. The van der Waals surface area contributed by atoms with Crippen LogP contribution < -0.4 is 24.8 Å². The molecule has 13 heteroatoms. The van der Waals surface area contributed by atoms with Crippen LogP contribution in [0.4, 0.5) is 26.3 Å². The molecule has 0 aliphatic carbocycles. The SMILES string of the molecule is CN=C(NCc1cc2c(cc1OC(F)F)OCO2)NCc1c(F)c(F)cc(F)c1F.I. The van der Waals surface area contributed by atoms with Crippen LogP contribution in [0.15, 0.2) is 23.2 Å². The third-order valence-corrected chi connectivity index (χ3v) is 4.08. The van der Waals surface area contributed by atoms with E-state index in [1.807, 2.05) is 0 Å². The Hall–Kier alpha value is -2.58. The molecular formula is C18H16F6IN3O3. The van der Waals surface area contributed by atoms with Gasteiger partial charge >= 0.3 is 6.61 Å². The topological polar surface area (TPSA) is 64.1 Å². The summed E-state index contributed by atoms with van der Waals surface area (Å²) < 4.78 is 94.3. The zero-order valence-corrected chi connectivity index (χ0v) is 18.1. The van der Waals surface area contributed by atoms with E-state index in [0.717, 1.165) is 0 Å². The quantitative estimate of drug-likeness (QED) is 0.183. The first-order chi connectivity index (χ1) is 14.3. The van der Waals surface area contributed by atoms with Gasteiger partial charge in [0.15, 0.2) is 40.7 Å². The maximum Gasteiger partial charge on any atom is 0.387 e. The van der Waals surface area contributed by atoms with Crippen LogP contribution >= 0.6 is 24.0 Å². The van der Waals surface area contributed by atoms with Crippen molar-refractivity contribution in [3.05, 3.63) is 52.6 Å². The lowest BCUT2D eigenvalue weighted by Crippen LogP contribution is -2.37. The summed E-state index contributed by atoms with van der Waals surface area (Å²) in [7, 11) is 1.32. The highest BCUT2D eigenvalue weighted by Gasteiger charge is 2.21. The van der Waals surface area contributed by atoms with Gasteiger partial charge in [-0.25, -0.2) is 17.6 Å². The lowest BCUT2D eigenvalue weighted by atomic mass is 10.1. The van der Waals surface area contributed by atoms with E-state index in [-0.39, 0.29) is 66.4 Å². The molecule has 0 saturated carbocycles. The van der Waals surface area contributed by atoms with E-state index in [4.69, 9.17) is 9.47 Å². The zero-order valence-electron chi connectivity index (χ0n) is 15.8. The maximum atomic E-state index is 13.8. The highest BCUT2D eigenvalue weighted by atomic mass is 127. The van der Waals surface area contributed by atoms with Gasteiger partial charge in [0.25, 0.3) is 0 Å². The fraction of sp³-hybridized carbons (Fsp3) is 0.278. The van der Waals surface area contributed by atoms with Gasteiger partial charge in [-0.05, 0) is 6.07 Å². The summed E-state index contributed by atoms with van der Waals surface area (Å²) in [5.74, 6) is -5.82. The Balaban J connectivity index is 0.00000341. The van der Waals surface area contributed by atoms with E-state index >= 15 is 0 Å². The van der Waals surface area contributed by atoms with Crippen LogP contribution in [0.3, 0.4) is 0 Å². The Morgan fingerprint density at radius 3 is 2.16 bits per heavy atom. The van der Waals surface area contributed by atoms with E-state index in [9.17, 15) is 26.3 Å². The molecule has 31 heavy (non-hydrogen) atoms. The van der Waals surface area contributed by atoms with E-state index in [1.54, 1.807) is 0 Å². The molecule has 1 heterocycles. The number of ether oxygens (including phenoxy) is 3. The summed E-state index contributed by atoms with van der Waals surface area (Å²) in [5.41, 5.74) is -0.614. The van der Waals surface area contributed by atoms with E-state index in [0.29, 0.717) is 5.75 Å². The molecule has 0 aromatic heterocycles. The summed E-state index contributed by atoms with van der Waals surface area (Å²) in [5, 5.41) is 5.20. The molecule has 1 aliphatic rings. The minimum absolute atomic E-state index is 0. The minimum Gasteiger partial charge on any atom is -0.454 e. The lowest BCUT2D eigenvalue weighted by molar-refractivity contribution is -0.0505. The molecule has 0 amide bonds. The van der Waals surface area contributed by atoms with Crippen molar-refractivity contribution in [2.45, 2.75) is 19.7 Å². The molecule has 2 aromatic carbocycles. The highest BCUT2D eigenvalue weighted by molar-refractivity contribution is 14.0. The molecule has 0 fully saturated rings. The van der Waals surface area contributed by atoms with Gasteiger partial charge in [-0.1, -0.05) is 0 Å². The Bertz CT molecular complexity index is 951. The molecule has 2 aromatic rings. The molecule has 0 radical (unpaired) electrons. The summed E-state index contributed by atoms with van der Waals surface area (Å²) >= 11 is 0. The number of guanidine groups is 1. The lowest BCUT2D eigenvalue weighted by Gasteiger charge is -2.16. The van der Waals surface area contributed by atoms with Gasteiger partial charge < -0.3 is 24.8 Å². The third kappa shape index (κ3) is 5.77. The molecule has 0 bridgehead atoms. The van der Waals surface area contributed by atoms with Crippen LogP contribution in [0.5, 0.6) is 17.2 Å². The normalized spacial score (nSPS) is 12.6. The molecule has 0 atom stereocenters. The van der Waals surface area contributed by atoms with E-state index < -0.39 is 42.0 Å². The fourth-order valence-corrected chi connectivity index (χ4v) is 2.66.